The van der Waals surface area contributed by atoms with E-state index in [0.29, 0.717) is 5.88 Å². The number of hydrogen-bond donors (Lipinski definition) is 0. The highest BCUT2D eigenvalue weighted by Gasteiger charge is 1.78. The average molecular weight is 116 g/mol. The Kier molecular flexibility index (Phi) is 3.45. The highest BCUT2D eigenvalue weighted by atomic mass is 35.5. The highest BCUT2D eigenvalue weighted by Crippen LogP contribution is 1.92. The van der Waals surface area contributed by atoms with Crippen LogP contribution in [0, 0.1) is 11.3 Å². The molecule has 0 N–H and O–H groups in total. The maximum Gasteiger partial charge on any atom is 0.0911 e. The lowest BCUT2D eigenvalue weighted by atomic mass is 10.3. The van der Waals surface area contributed by atoms with Gasteiger partial charge >= 0.3 is 0 Å². The maximum atomic E-state index is 7.98. The lowest BCUT2D eigenvalue weighted by Crippen LogP contribution is -1.71. The number of allylic oxidation sites excluding steroid dienone is 2. The van der Waals surface area contributed by atoms with Gasteiger partial charge in [0.05, 0.1) is 6.07 Å². The summed E-state index contributed by atoms with van der Waals surface area (Å²) in [4.78, 5) is 0. The van der Waals surface area contributed by atoms with Crippen LogP contribution >= 0.6 is 11.6 Å². The fourth-order valence-corrected chi connectivity index (χ4v) is 0.226. The molecule has 0 fully saturated rings. The zero-order valence-electron chi connectivity index (χ0n) is 4.11. The summed E-state index contributed by atoms with van der Waals surface area (Å²) in [5.41, 5.74) is 0.907. The molecule has 2 heteroatoms. The predicted molar refractivity (Wildman–Crippen MR) is 30.1 cm³/mol. The van der Waals surface area contributed by atoms with Crippen LogP contribution in [0.25, 0.3) is 0 Å². The molecule has 0 aliphatic rings. The van der Waals surface area contributed by atoms with E-state index in [0.717, 1.165) is 5.57 Å². The Morgan fingerprint density at radius 3 is 2.71 bits per heavy atom. The third-order valence-corrected chi connectivity index (χ3v) is 0.943. The normalized spacial score (nSPS) is 10.7. The third-order valence-electron chi connectivity index (χ3n) is 0.522. The molecule has 1 nitrogen and oxygen atoms in total. The Morgan fingerprint density at radius 1 is 2.00 bits per heavy atom. The Balaban J connectivity index is 3.56. The Bertz CT molecular complexity index is 110. The van der Waals surface area contributed by atoms with E-state index < -0.39 is 0 Å². The second-order valence-corrected chi connectivity index (χ2v) is 1.52. The fourth-order valence-electron chi connectivity index (χ4n) is 0.149. The van der Waals surface area contributed by atoms with Crippen molar-refractivity contribution < 1.29 is 0 Å². The summed E-state index contributed by atoms with van der Waals surface area (Å²) in [5.74, 6) is 0.452. The smallest absolute Gasteiger partial charge is 0.0911 e. The van der Waals surface area contributed by atoms with Crippen molar-refractivity contribution in [3.63, 3.8) is 0 Å². The predicted octanol–water partition coefficient (Wildman–Crippen LogP) is 1.70. The van der Waals surface area contributed by atoms with Crippen molar-refractivity contribution in [2.24, 2.45) is 0 Å². The third kappa shape index (κ3) is 3.35. The van der Waals surface area contributed by atoms with E-state index in [4.69, 9.17) is 16.9 Å². The van der Waals surface area contributed by atoms with E-state index in [2.05, 4.69) is 0 Å². The van der Waals surface area contributed by atoms with Crippen molar-refractivity contribution in [3.8, 4) is 6.07 Å². The summed E-state index contributed by atoms with van der Waals surface area (Å²) in [6.45, 7) is 1.82. The number of nitriles is 1. The minimum Gasteiger partial charge on any atom is -0.193 e. The Labute approximate surface area is 48.2 Å². The van der Waals surface area contributed by atoms with Crippen molar-refractivity contribution in [1.82, 2.24) is 0 Å². The van der Waals surface area contributed by atoms with Crippen LogP contribution < -0.4 is 0 Å². The number of rotatable bonds is 1. The van der Waals surface area contributed by atoms with Crippen LogP contribution in [0.1, 0.15) is 6.92 Å². The maximum absolute atomic E-state index is 7.98. The molecular weight excluding hydrogens is 110 g/mol. The molecule has 0 aliphatic heterocycles. The minimum absolute atomic E-state index is 0.452. The van der Waals surface area contributed by atoms with Crippen molar-refractivity contribution >= 4 is 11.6 Å². The van der Waals surface area contributed by atoms with Gasteiger partial charge in [0.2, 0.25) is 0 Å². The molecule has 0 spiro atoms. The van der Waals surface area contributed by atoms with Crippen LogP contribution in [0.4, 0.5) is 0 Å². The van der Waals surface area contributed by atoms with Crippen molar-refractivity contribution in [2.75, 3.05) is 5.88 Å². The zero-order valence-corrected chi connectivity index (χ0v) is 4.87. The number of alkyl halides is 1. The Hall–Kier alpha value is -0.480. The van der Waals surface area contributed by atoms with Crippen LogP contribution in [0.5, 0.6) is 0 Å². The lowest BCUT2D eigenvalue weighted by molar-refractivity contribution is 1.39. The van der Waals surface area contributed by atoms with Crippen molar-refractivity contribution in [1.29, 1.82) is 5.26 Å². The first-order valence-electron chi connectivity index (χ1n) is 1.92. The highest BCUT2D eigenvalue weighted by molar-refractivity contribution is 6.19. The second kappa shape index (κ2) is 3.70. The molecule has 0 atom stereocenters. The molecule has 0 heterocycles. The number of nitrogens with zero attached hydrogens (tertiary/aromatic N) is 1. The van der Waals surface area contributed by atoms with E-state index in [1.165, 1.54) is 6.08 Å². The molecule has 0 aliphatic carbocycles. The molecule has 0 rings (SSSR count). The molecular formula is C5H6ClN. The largest absolute Gasteiger partial charge is 0.193 e. The Morgan fingerprint density at radius 2 is 2.57 bits per heavy atom. The van der Waals surface area contributed by atoms with Crippen molar-refractivity contribution in [3.05, 3.63) is 11.6 Å². The van der Waals surface area contributed by atoms with Crippen LogP contribution in [0.15, 0.2) is 11.6 Å². The van der Waals surface area contributed by atoms with E-state index in [1.54, 1.807) is 0 Å². The van der Waals surface area contributed by atoms with Gasteiger partial charge in [0.1, 0.15) is 0 Å². The number of hydrogen-bond acceptors (Lipinski definition) is 1. The first kappa shape index (κ1) is 6.52. The molecule has 0 aromatic heterocycles. The monoisotopic (exact) mass is 115 g/mol. The summed E-state index contributed by atoms with van der Waals surface area (Å²) in [7, 11) is 0. The summed E-state index contributed by atoms with van der Waals surface area (Å²) >= 11 is 5.31. The van der Waals surface area contributed by atoms with Crippen LogP contribution in [0.3, 0.4) is 0 Å². The quantitative estimate of drug-likeness (QED) is 0.377. The van der Waals surface area contributed by atoms with E-state index in [1.807, 2.05) is 13.0 Å². The van der Waals surface area contributed by atoms with Crippen LogP contribution in [-0.4, -0.2) is 5.88 Å². The van der Waals surface area contributed by atoms with Crippen LogP contribution in [-0.2, 0) is 0 Å². The average Bonchev–Trinajstić information content (AvgIpc) is 1.68. The molecule has 0 unspecified atom stereocenters. The molecule has 0 saturated heterocycles. The molecule has 0 saturated carbocycles. The van der Waals surface area contributed by atoms with Gasteiger partial charge < -0.3 is 0 Å². The molecule has 0 aromatic carbocycles. The molecule has 0 radical (unpaired) electrons. The molecule has 0 bridgehead atoms. The molecule has 0 amide bonds. The first-order chi connectivity index (χ1) is 3.31. The molecule has 7 heavy (non-hydrogen) atoms. The van der Waals surface area contributed by atoms with Gasteiger partial charge in [0.15, 0.2) is 0 Å². The van der Waals surface area contributed by atoms with Crippen molar-refractivity contribution in [2.45, 2.75) is 6.92 Å². The van der Waals surface area contributed by atoms with Gasteiger partial charge in [-0.3, -0.25) is 0 Å². The van der Waals surface area contributed by atoms with Gasteiger partial charge in [-0.15, -0.1) is 11.6 Å². The second-order valence-electron chi connectivity index (χ2n) is 1.25. The summed E-state index contributed by atoms with van der Waals surface area (Å²) in [5, 5.41) is 7.98. The van der Waals surface area contributed by atoms with E-state index in [9.17, 15) is 0 Å². The minimum atomic E-state index is 0.452. The van der Waals surface area contributed by atoms with E-state index >= 15 is 0 Å². The zero-order chi connectivity index (χ0) is 5.70. The SMILES string of the molecule is C/C(=C\C#N)CCl. The number of halogens is 1. The summed E-state index contributed by atoms with van der Waals surface area (Å²) in [6.07, 6.45) is 1.44. The van der Waals surface area contributed by atoms with Gasteiger partial charge in [-0.25, -0.2) is 0 Å². The first-order valence-corrected chi connectivity index (χ1v) is 2.46. The summed E-state index contributed by atoms with van der Waals surface area (Å²) in [6, 6.07) is 1.87. The van der Waals surface area contributed by atoms with Gasteiger partial charge in [0.25, 0.3) is 0 Å². The van der Waals surface area contributed by atoms with Gasteiger partial charge in [-0.2, -0.15) is 5.26 Å². The summed E-state index contributed by atoms with van der Waals surface area (Å²) < 4.78 is 0. The van der Waals surface area contributed by atoms with Gasteiger partial charge in [0, 0.05) is 12.0 Å². The van der Waals surface area contributed by atoms with Gasteiger partial charge in [-0.05, 0) is 12.5 Å². The molecule has 38 valence electrons. The molecule has 0 aromatic rings. The lowest BCUT2D eigenvalue weighted by Gasteiger charge is -1.81. The van der Waals surface area contributed by atoms with Gasteiger partial charge in [-0.1, -0.05) is 0 Å². The topological polar surface area (TPSA) is 23.8 Å². The standard InChI is InChI=1S/C5H6ClN/c1-5(4-6)2-3-7/h2H,4H2,1H3/b5-2+. The fraction of sp³-hybridized carbons (Fsp3) is 0.400. The van der Waals surface area contributed by atoms with Crippen LogP contribution in [0.2, 0.25) is 0 Å². The van der Waals surface area contributed by atoms with E-state index in [-0.39, 0.29) is 0 Å².